The Morgan fingerprint density at radius 1 is 0.545 bits per heavy atom. The molecule has 0 aliphatic heterocycles. The Bertz CT molecular complexity index is 821. The van der Waals surface area contributed by atoms with Crippen molar-refractivity contribution in [3.8, 4) is 0 Å². The summed E-state index contributed by atoms with van der Waals surface area (Å²) in [4.78, 5) is 59.9. The van der Waals surface area contributed by atoms with Gasteiger partial charge in [0, 0.05) is 36.4 Å². The van der Waals surface area contributed by atoms with E-state index in [2.05, 4.69) is 21.6 Å². The number of carbonyl (C=O) groups excluding carboxylic acids is 4. The minimum atomic E-state index is -0.642. The lowest BCUT2D eigenvalue weighted by atomic mass is 10.1. The van der Waals surface area contributed by atoms with Crippen molar-refractivity contribution in [2.24, 2.45) is 0 Å². The van der Waals surface area contributed by atoms with Gasteiger partial charge in [0.05, 0.1) is 11.2 Å². The van der Waals surface area contributed by atoms with E-state index in [0.717, 1.165) is 0 Å². The number of rotatable bonds is 17. The maximum Gasteiger partial charge on any atom is 0.407 e. The molecule has 4 N–H and O–H groups in total. The van der Waals surface area contributed by atoms with Gasteiger partial charge in [-0.3, -0.25) is 19.3 Å². The first-order chi connectivity index (χ1) is 19.9. The first kappa shape index (κ1) is 42.1. The molecule has 44 heavy (non-hydrogen) atoms. The summed E-state index contributed by atoms with van der Waals surface area (Å²) in [5.41, 5.74) is 2.66. The molecule has 0 aromatic rings. The van der Waals surface area contributed by atoms with Crippen LogP contribution in [0.25, 0.3) is 0 Å². The average molecular weight is 667 g/mol. The predicted molar refractivity (Wildman–Crippen MR) is 177 cm³/mol. The number of carbonyl (C=O) groups is 4. The van der Waals surface area contributed by atoms with Gasteiger partial charge in [0.1, 0.15) is 11.2 Å². The van der Waals surface area contributed by atoms with E-state index in [-0.39, 0.29) is 36.7 Å². The van der Waals surface area contributed by atoms with Crippen LogP contribution in [0.5, 0.6) is 0 Å². The van der Waals surface area contributed by atoms with Crippen molar-refractivity contribution < 1.29 is 38.3 Å². The molecule has 0 bridgehead atoms. The van der Waals surface area contributed by atoms with Crippen LogP contribution < -0.4 is 21.6 Å². The highest BCUT2D eigenvalue weighted by Crippen LogP contribution is 2.26. The van der Waals surface area contributed by atoms with Crippen LogP contribution in [-0.2, 0) is 28.7 Å². The third-order valence-corrected chi connectivity index (χ3v) is 7.48. The maximum atomic E-state index is 12.5. The van der Waals surface area contributed by atoms with E-state index < -0.39 is 34.6 Å². The number of hydroxylamine groups is 2. The topological polar surface area (TPSA) is 153 Å². The Morgan fingerprint density at radius 3 is 1.14 bits per heavy atom. The molecule has 14 heteroatoms. The summed E-state index contributed by atoms with van der Waals surface area (Å²) in [7, 11) is 3.09. The Hall–Kier alpha value is -1.90. The van der Waals surface area contributed by atoms with Crippen molar-refractivity contribution in [1.82, 2.24) is 21.6 Å². The molecule has 2 atom stereocenters. The molecule has 0 radical (unpaired) electrons. The van der Waals surface area contributed by atoms with Gasteiger partial charge in [0.2, 0.25) is 11.8 Å². The summed E-state index contributed by atoms with van der Waals surface area (Å²) in [6.07, 6.45) is 1.64. The van der Waals surface area contributed by atoms with Crippen molar-refractivity contribution in [3.05, 3.63) is 0 Å². The van der Waals surface area contributed by atoms with Gasteiger partial charge in [-0.2, -0.15) is 0 Å². The van der Waals surface area contributed by atoms with Gasteiger partial charge in [-0.15, -0.1) is 0 Å². The molecule has 0 aromatic carbocycles. The second-order valence-corrected chi connectivity index (χ2v) is 17.1. The molecule has 0 spiro atoms. The van der Waals surface area contributed by atoms with Crippen molar-refractivity contribution in [3.63, 3.8) is 0 Å². The van der Waals surface area contributed by atoms with E-state index in [0.29, 0.717) is 37.2 Å². The van der Waals surface area contributed by atoms with E-state index in [4.69, 9.17) is 19.1 Å². The van der Waals surface area contributed by atoms with Gasteiger partial charge < -0.3 is 20.1 Å². The van der Waals surface area contributed by atoms with Crippen LogP contribution in [0.2, 0.25) is 0 Å². The van der Waals surface area contributed by atoms with Crippen molar-refractivity contribution in [2.45, 2.75) is 156 Å². The van der Waals surface area contributed by atoms with Gasteiger partial charge in [-0.05, 0) is 109 Å². The molecule has 0 saturated heterocycles. The maximum absolute atomic E-state index is 12.5. The Kier molecular flexibility index (Phi) is 18.7. The molecule has 0 aliphatic rings. The lowest BCUT2D eigenvalue weighted by molar-refractivity contribution is -0.146. The largest absolute Gasteiger partial charge is 0.444 e. The normalized spacial score (nSPS) is 13.8. The van der Waals surface area contributed by atoms with Crippen molar-refractivity contribution in [2.75, 3.05) is 11.5 Å². The fourth-order valence-electron chi connectivity index (χ4n) is 3.14. The van der Waals surface area contributed by atoms with Gasteiger partial charge in [-0.1, -0.05) is 21.6 Å². The van der Waals surface area contributed by atoms with Crippen LogP contribution in [0.1, 0.15) is 122 Å². The van der Waals surface area contributed by atoms with Crippen LogP contribution >= 0.6 is 21.6 Å². The number of hydrogen-bond acceptors (Lipinski definition) is 10. The SMILES string of the molecule is CC(C)(C)ONC(=O)CCC[C@@H](CSSC[C@H](CCCC(=O)NOC(C)(C)C)NC(=O)OC(C)(C)C)NC(=O)OC(C)(C)C. The molecule has 258 valence electrons. The van der Waals surface area contributed by atoms with Gasteiger partial charge >= 0.3 is 12.2 Å². The monoisotopic (exact) mass is 666 g/mol. The van der Waals surface area contributed by atoms with Crippen molar-refractivity contribution in [1.29, 1.82) is 0 Å². The first-order valence-electron chi connectivity index (χ1n) is 15.1. The lowest BCUT2D eigenvalue weighted by Crippen LogP contribution is -2.41. The Morgan fingerprint density at radius 2 is 0.864 bits per heavy atom. The van der Waals surface area contributed by atoms with Crippen LogP contribution in [-0.4, -0.2) is 70.0 Å². The average Bonchev–Trinajstić information content (AvgIpc) is 2.80. The van der Waals surface area contributed by atoms with Gasteiger partial charge in [0.25, 0.3) is 0 Å². The summed E-state index contributed by atoms with van der Waals surface area (Å²) >= 11 is 0. The summed E-state index contributed by atoms with van der Waals surface area (Å²) in [5.74, 6) is 0.645. The quantitative estimate of drug-likeness (QED) is 0.0803. The predicted octanol–water partition coefficient (Wildman–Crippen LogP) is 6.19. The molecule has 0 fully saturated rings. The van der Waals surface area contributed by atoms with Gasteiger partial charge in [-0.25, -0.2) is 20.5 Å². The third-order valence-electron chi connectivity index (χ3n) is 4.92. The van der Waals surface area contributed by atoms with E-state index in [1.54, 1.807) is 63.1 Å². The molecular formula is C30H58N4O8S2. The molecule has 0 heterocycles. The Labute approximate surface area is 272 Å². The highest BCUT2D eigenvalue weighted by atomic mass is 33.1. The minimum Gasteiger partial charge on any atom is -0.444 e. The van der Waals surface area contributed by atoms with Gasteiger partial charge in [0.15, 0.2) is 0 Å². The molecular weight excluding hydrogens is 608 g/mol. The van der Waals surface area contributed by atoms with Crippen molar-refractivity contribution >= 4 is 45.6 Å². The lowest BCUT2D eigenvalue weighted by Gasteiger charge is -2.25. The standard InChI is InChI=1S/C30H58N4O8S2/c1-27(2,3)39-25(37)31-21(15-13-17-23(35)33-41-29(7,8)9)19-43-44-20-22(32-26(38)40-28(4,5)6)16-14-18-24(36)34-42-30(10,11)12/h21-22H,13-20H2,1-12H3,(H,31,37)(H,32,38)(H,33,35)(H,34,36)/t21-,22-/m0/s1. The van der Waals surface area contributed by atoms with Crippen LogP contribution in [0, 0.1) is 0 Å². The zero-order valence-corrected chi connectivity index (χ0v) is 30.5. The zero-order chi connectivity index (χ0) is 34.2. The molecule has 12 nitrogen and oxygen atoms in total. The van der Waals surface area contributed by atoms with Crippen LogP contribution in [0.15, 0.2) is 0 Å². The number of amides is 4. The zero-order valence-electron chi connectivity index (χ0n) is 28.9. The summed E-state index contributed by atoms with van der Waals surface area (Å²) in [6, 6.07) is -0.495. The minimum absolute atomic E-state index is 0.229. The van der Waals surface area contributed by atoms with E-state index >= 15 is 0 Å². The van der Waals surface area contributed by atoms with E-state index in [1.165, 1.54) is 0 Å². The highest BCUT2D eigenvalue weighted by molar-refractivity contribution is 8.76. The number of alkyl carbamates (subject to hydrolysis) is 2. The summed E-state index contributed by atoms with van der Waals surface area (Å²) < 4.78 is 10.9. The smallest absolute Gasteiger partial charge is 0.407 e. The van der Waals surface area contributed by atoms with E-state index in [9.17, 15) is 19.2 Å². The molecule has 0 saturated carbocycles. The molecule has 0 unspecified atom stereocenters. The number of nitrogens with one attached hydrogen (secondary N) is 4. The van der Waals surface area contributed by atoms with Crippen LogP contribution in [0.3, 0.4) is 0 Å². The molecule has 0 rings (SSSR count). The van der Waals surface area contributed by atoms with Crippen LogP contribution in [0.4, 0.5) is 9.59 Å². The fourth-order valence-corrected chi connectivity index (χ4v) is 5.73. The number of ether oxygens (including phenoxy) is 2. The second kappa shape index (κ2) is 19.6. The summed E-state index contributed by atoms with van der Waals surface area (Å²) in [5, 5.41) is 5.83. The number of hydrogen-bond donors (Lipinski definition) is 4. The molecule has 4 amide bonds. The highest BCUT2D eigenvalue weighted by Gasteiger charge is 2.23. The Balaban J connectivity index is 5.08. The fraction of sp³-hybridized carbons (Fsp3) is 0.867. The second-order valence-electron chi connectivity index (χ2n) is 14.5. The third kappa shape index (κ3) is 27.6. The van der Waals surface area contributed by atoms with E-state index in [1.807, 2.05) is 41.5 Å². The summed E-state index contributed by atoms with van der Waals surface area (Å²) in [6.45, 7) is 21.8. The molecule has 0 aliphatic carbocycles. The first-order valence-corrected chi connectivity index (χ1v) is 17.6. The molecule has 0 aromatic heterocycles.